The smallest absolute Gasteiger partial charge is 0.329 e. The van der Waals surface area contributed by atoms with Crippen LogP contribution in [0.1, 0.15) is 66.1 Å². The number of pyridine rings is 1. The van der Waals surface area contributed by atoms with Crippen LogP contribution in [-0.4, -0.2) is 48.5 Å². The number of aromatic amines is 1. The van der Waals surface area contributed by atoms with Crippen LogP contribution in [-0.2, 0) is 32.3 Å². The Kier molecular flexibility index (Phi) is 11.2. The van der Waals surface area contributed by atoms with Crippen LogP contribution in [0.3, 0.4) is 0 Å². The van der Waals surface area contributed by atoms with Crippen molar-refractivity contribution in [1.29, 1.82) is 5.26 Å². The average molecular weight is 739 g/mol. The molecule has 0 bridgehead atoms. The molecule has 3 aromatic carbocycles. The fraction of sp³-hybridized carbons (Fsp3) is 0.268. The highest BCUT2D eigenvalue weighted by Crippen LogP contribution is 2.40. The van der Waals surface area contributed by atoms with E-state index in [1.807, 2.05) is 36.5 Å². The molecule has 1 fully saturated rings. The van der Waals surface area contributed by atoms with E-state index in [9.17, 15) is 24.8 Å². The van der Waals surface area contributed by atoms with Crippen molar-refractivity contribution in [2.75, 3.05) is 0 Å². The van der Waals surface area contributed by atoms with E-state index in [4.69, 9.17) is 14.5 Å². The Morgan fingerprint density at radius 1 is 0.945 bits per heavy atom. The standard InChI is InChI=1S/C41H38N8O6/c42-19-17-26-11-14-30(15-12-26)49-37-31-18-20-43-38(31)44-23-34(37)46-41(49)48-47-29-13-16-35(50)32(21-29)39(52)45-33(40(53)55-25-28-9-5-2-6-10-28)22-36(51)54-24-27-7-3-1-4-8-27/h1-10,13,16,18,20-21,23,26,30,33,50H,11-12,14-15,17,22,24-25H2,(H,43,44)(H,45,52)/b48-47+/t26?,30?,33-/m1/s1. The van der Waals surface area contributed by atoms with Crippen molar-refractivity contribution < 1.29 is 29.0 Å². The van der Waals surface area contributed by atoms with Gasteiger partial charge in [0, 0.05) is 24.0 Å². The van der Waals surface area contributed by atoms with Gasteiger partial charge < -0.3 is 29.4 Å². The summed E-state index contributed by atoms with van der Waals surface area (Å²) < 4.78 is 12.9. The number of benzene rings is 3. The number of amides is 1. The summed E-state index contributed by atoms with van der Waals surface area (Å²) in [4.78, 5) is 52.2. The largest absolute Gasteiger partial charge is 0.507 e. The summed E-state index contributed by atoms with van der Waals surface area (Å²) in [5.74, 6) is -2.09. The predicted octanol–water partition coefficient (Wildman–Crippen LogP) is 7.65. The molecule has 1 saturated carbocycles. The van der Waals surface area contributed by atoms with Crippen molar-refractivity contribution in [2.24, 2.45) is 16.1 Å². The number of nitrogens with one attached hydrogen (secondary N) is 2. The first-order chi connectivity index (χ1) is 26.9. The second-order valence-electron chi connectivity index (χ2n) is 13.4. The monoisotopic (exact) mass is 738 g/mol. The summed E-state index contributed by atoms with van der Waals surface area (Å²) in [7, 11) is 0. The number of carbonyl (C=O) groups excluding carboxylic acids is 3. The fourth-order valence-electron chi connectivity index (χ4n) is 6.83. The number of esters is 2. The zero-order valence-electron chi connectivity index (χ0n) is 29.8. The molecule has 1 amide bonds. The van der Waals surface area contributed by atoms with E-state index in [0.29, 0.717) is 23.8 Å². The van der Waals surface area contributed by atoms with E-state index in [1.54, 1.807) is 42.6 Å². The molecule has 0 radical (unpaired) electrons. The molecule has 3 N–H and O–H groups in total. The van der Waals surface area contributed by atoms with Crippen molar-refractivity contribution in [3.05, 3.63) is 114 Å². The Hall–Kier alpha value is -6.88. The van der Waals surface area contributed by atoms with Gasteiger partial charge >= 0.3 is 11.9 Å². The number of azo groups is 1. The predicted molar refractivity (Wildman–Crippen MR) is 201 cm³/mol. The minimum atomic E-state index is -1.42. The van der Waals surface area contributed by atoms with Crippen LogP contribution in [0.4, 0.5) is 11.6 Å². The first-order valence-corrected chi connectivity index (χ1v) is 18.0. The molecule has 1 aliphatic rings. The Morgan fingerprint density at radius 3 is 2.36 bits per heavy atom. The molecule has 55 heavy (non-hydrogen) atoms. The number of fused-ring (bicyclic) bond motifs is 3. The van der Waals surface area contributed by atoms with Gasteiger partial charge in [-0.15, -0.1) is 10.2 Å². The molecule has 278 valence electrons. The van der Waals surface area contributed by atoms with Gasteiger partial charge in [-0.05, 0) is 67.0 Å². The average Bonchev–Trinajstić information content (AvgIpc) is 3.84. The molecular weight excluding hydrogens is 701 g/mol. The second-order valence-corrected chi connectivity index (χ2v) is 13.4. The number of carbonyl (C=O) groups is 3. The Morgan fingerprint density at radius 2 is 1.65 bits per heavy atom. The van der Waals surface area contributed by atoms with Gasteiger partial charge in [-0.25, -0.2) is 14.8 Å². The first kappa shape index (κ1) is 36.5. The van der Waals surface area contributed by atoms with Gasteiger partial charge in [0.15, 0.2) is 0 Å². The van der Waals surface area contributed by atoms with E-state index in [2.05, 4.69) is 36.1 Å². The Balaban J connectivity index is 1.12. The zero-order valence-corrected chi connectivity index (χ0v) is 29.8. The van der Waals surface area contributed by atoms with Crippen molar-refractivity contribution >= 4 is 51.5 Å². The third-order valence-electron chi connectivity index (χ3n) is 9.68. The summed E-state index contributed by atoms with van der Waals surface area (Å²) >= 11 is 0. The number of aromatic hydroxyl groups is 1. The number of phenolic OH excluding ortho intramolecular Hbond substituents is 1. The molecule has 0 spiro atoms. The van der Waals surface area contributed by atoms with Crippen LogP contribution in [0.15, 0.2) is 108 Å². The lowest BCUT2D eigenvalue weighted by Crippen LogP contribution is -2.43. The number of aromatic nitrogens is 4. The fourth-order valence-corrected chi connectivity index (χ4v) is 6.83. The molecule has 14 nitrogen and oxygen atoms in total. The molecule has 3 heterocycles. The molecule has 6 aromatic rings. The maximum atomic E-state index is 13.6. The maximum absolute atomic E-state index is 13.6. The van der Waals surface area contributed by atoms with Crippen LogP contribution in [0, 0.1) is 17.2 Å². The highest BCUT2D eigenvalue weighted by molar-refractivity contribution is 6.02. The molecular formula is C41H38N8O6. The van der Waals surface area contributed by atoms with Crippen molar-refractivity contribution in [2.45, 2.75) is 63.8 Å². The number of hydrogen-bond donors (Lipinski definition) is 3. The molecule has 7 rings (SSSR count). The molecule has 0 saturated heterocycles. The van der Waals surface area contributed by atoms with Gasteiger partial charge in [0.25, 0.3) is 11.9 Å². The summed E-state index contributed by atoms with van der Waals surface area (Å²) in [5.41, 5.74) is 3.76. The third-order valence-corrected chi connectivity index (χ3v) is 9.68. The highest BCUT2D eigenvalue weighted by atomic mass is 16.5. The van der Waals surface area contributed by atoms with E-state index in [1.165, 1.54) is 18.2 Å². The number of rotatable bonds is 13. The number of nitriles is 1. The lowest BCUT2D eigenvalue weighted by Gasteiger charge is -2.29. The van der Waals surface area contributed by atoms with Crippen LogP contribution >= 0.6 is 0 Å². The minimum absolute atomic E-state index is 0.0178. The quantitative estimate of drug-likeness (QED) is 0.0787. The van der Waals surface area contributed by atoms with Gasteiger partial charge in [0.1, 0.15) is 36.2 Å². The van der Waals surface area contributed by atoms with Crippen LogP contribution in [0.25, 0.3) is 22.1 Å². The van der Waals surface area contributed by atoms with Gasteiger partial charge in [0.05, 0.1) is 35.5 Å². The maximum Gasteiger partial charge on any atom is 0.329 e. The molecule has 14 heteroatoms. The van der Waals surface area contributed by atoms with Crippen LogP contribution < -0.4 is 5.32 Å². The van der Waals surface area contributed by atoms with Crippen molar-refractivity contribution in [1.82, 2.24) is 24.8 Å². The molecule has 1 aliphatic carbocycles. The van der Waals surface area contributed by atoms with E-state index >= 15 is 0 Å². The lowest BCUT2D eigenvalue weighted by molar-refractivity contribution is -0.153. The van der Waals surface area contributed by atoms with Gasteiger partial charge in [-0.3, -0.25) is 9.59 Å². The summed E-state index contributed by atoms with van der Waals surface area (Å²) in [5, 5.41) is 32.4. The molecule has 3 aromatic heterocycles. The third kappa shape index (κ3) is 8.68. The second kappa shape index (κ2) is 16.9. The summed E-state index contributed by atoms with van der Waals surface area (Å²) in [6.45, 7) is -0.0972. The number of phenols is 1. The van der Waals surface area contributed by atoms with Gasteiger partial charge in [-0.2, -0.15) is 5.26 Å². The normalized spacial score (nSPS) is 16.1. The van der Waals surface area contributed by atoms with E-state index in [0.717, 1.165) is 53.4 Å². The SMILES string of the molecule is N#CCC1CCC(n2c(/N=N/c3ccc(O)c(C(=O)N[C@H](CC(=O)OCc4ccccc4)C(=O)OCc4ccccc4)c3)nc3cnc4[nH]ccc4c32)CC1. The topological polar surface area (TPSA) is 197 Å². The minimum Gasteiger partial charge on any atom is -0.507 e. The van der Waals surface area contributed by atoms with Crippen LogP contribution in [0.5, 0.6) is 5.75 Å². The number of imidazole rings is 1. The number of H-pyrrole nitrogens is 1. The number of ether oxygens (including phenoxy) is 2. The first-order valence-electron chi connectivity index (χ1n) is 18.0. The van der Waals surface area contributed by atoms with Crippen molar-refractivity contribution in [3.8, 4) is 11.8 Å². The molecule has 1 atom stereocenters. The zero-order chi connectivity index (χ0) is 38.1. The van der Waals surface area contributed by atoms with Crippen LogP contribution in [0.2, 0.25) is 0 Å². The van der Waals surface area contributed by atoms with Gasteiger partial charge in [0.2, 0.25) is 0 Å². The lowest BCUT2D eigenvalue weighted by atomic mass is 9.84. The summed E-state index contributed by atoms with van der Waals surface area (Å²) in [6, 6.07) is 25.0. The van der Waals surface area contributed by atoms with Gasteiger partial charge in [-0.1, -0.05) is 60.7 Å². The molecule has 0 unspecified atom stereocenters. The van der Waals surface area contributed by atoms with Crippen molar-refractivity contribution in [3.63, 3.8) is 0 Å². The summed E-state index contributed by atoms with van der Waals surface area (Å²) in [6.07, 6.45) is 7.01. The van der Waals surface area contributed by atoms with E-state index in [-0.39, 0.29) is 36.3 Å². The van der Waals surface area contributed by atoms with E-state index < -0.39 is 30.3 Å². The number of hydrogen-bond acceptors (Lipinski definition) is 11. The Bertz CT molecular complexity index is 2380. The number of nitrogens with zero attached hydrogens (tertiary/aromatic N) is 6. The highest BCUT2D eigenvalue weighted by Gasteiger charge is 2.29. The Labute approximate surface area is 315 Å². The molecule has 0 aliphatic heterocycles.